The number of halogens is 1. The Bertz CT molecular complexity index is 372. The van der Waals surface area contributed by atoms with Crippen molar-refractivity contribution in [1.29, 1.82) is 0 Å². The fourth-order valence-corrected chi connectivity index (χ4v) is 2.74. The van der Waals surface area contributed by atoms with Gasteiger partial charge in [-0.15, -0.1) is 11.6 Å². The molecular formula is C15H27ClN2O3. The first kappa shape index (κ1) is 18.1. The average Bonchev–Trinajstić information content (AvgIpc) is 2.36. The number of piperidine rings is 1. The van der Waals surface area contributed by atoms with Gasteiger partial charge in [0.05, 0.1) is 0 Å². The molecule has 1 heterocycles. The molecule has 5 nitrogen and oxygen atoms in total. The van der Waals surface area contributed by atoms with Crippen LogP contribution in [0.5, 0.6) is 0 Å². The van der Waals surface area contributed by atoms with Gasteiger partial charge in [0.15, 0.2) is 0 Å². The normalized spacial score (nSPS) is 17.0. The van der Waals surface area contributed by atoms with Crippen molar-refractivity contribution in [2.75, 3.05) is 19.0 Å². The number of amides is 2. The molecule has 1 aliphatic rings. The Balaban J connectivity index is 2.67. The van der Waals surface area contributed by atoms with E-state index in [1.54, 1.807) is 9.80 Å². The monoisotopic (exact) mass is 318 g/mol. The molecule has 1 fully saturated rings. The smallest absolute Gasteiger partial charge is 0.410 e. The molecule has 1 saturated heterocycles. The van der Waals surface area contributed by atoms with Gasteiger partial charge in [-0.05, 0) is 47.5 Å². The molecule has 0 aromatic heterocycles. The van der Waals surface area contributed by atoms with E-state index in [9.17, 15) is 9.59 Å². The van der Waals surface area contributed by atoms with Crippen LogP contribution in [0.25, 0.3) is 0 Å². The van der Waals surface area contributed by atoms with E-state index < -0.39 is 5.60 Å². The van der Waals surface area contributed by atoms with Gasteiger partial charge in [-0.2, -0.15) is 0 Å². The number of hydrogen-bond acceptors (Lipinski definition) is 3. The Morgan fingerprint density at radius 1 is 1.29 bits per heavy atom. The molecule has 0 radical (unpaired) electrons. The molecule has 122 valence electrons. The molecule has 0 N–H and O–H groups in total. The van der Waals surface area contributed by atoms with Crippen LogP contribution < -0.4 is 0 Å². The lowest BCUT2D eigenvalue weighted by atomic mass is 10.0. The second kappa shape index (κ2) is 7.34. The van der Waals surface area contributed by atoms with Crippen LogP contribution in [-0.2, 0) is 9.53 Å². The predicted molar refractivity (Wildman–Crippen MR) is 83.5 cm³/mol. The molecule has 0 aliphatic carbocycles. The van der Waals surface area contributed by atoms with E-state index in [0.29, 0.717) is 13.1 Å². The summed E-state index contributed by atoms with van der Waals surface area (Å²) in [6.45, 7) is 10.9. The number of nitrogens with zero attached hydrogens (tertiary/aromatic N) is 2. The van der Waals surface area contributed by atoms with Crippen molar-refractivity contribution in [3.05, 3.63) is 0 Å². The topological polar surface area (TPSA) is 49.9 Å². The van der Waals surface area contributed by atoms with Gasteiger partial charge < -0.3 is 14.5 Å². The zero-order valence-electron chi connectivity index (χ0n) is 13.7. The first-order chi connectivity index (χ1) is 9.65. The molecule has 2 amide bonds. The Hall–Kier alpha value is -0.970. The van der Waals surface area contributed by atoms with Gasteiger partial charge >= 0.3 is 6.09 Å². The summed E-state index contributed by atoms with van der Waals surface area (Å²) in [5, 5.41) is 0. The molecule has 0 saturated carbocycles. The third-order valence-corrected chi connectivity index (χ3v) is 3.71. The highest BCUT2D eigenvalue weighted by Gasteiger charge is 2.33. The zero-order valence-corrected chi connectivity index (χ0v) is 14.4. The number of hydrogen-bond donors (Lipinski definition) is 0. The minimum absolute atomic E-state index is 0.0185. The Morgan fingerprint density at radius 2 is 1.81 bits per heavy atom. The van der Waals surface area contributed by atoms with Crippen molar-refractivity contribution in [2.24, 2.45) is 0 Å². The van der Waals surface area contributed by atoms with Crippen molar-refractivity contribution in [1.82, 2.24) is 9.80 Å². The minimum atomic E-state index is -0.500. The highest BCUT2D eigenvalue weighted by molar-refractivity contribution is 6.27. The molecule has 1 rings (SSSR count). The zero-order chi connectivity index (χ0) is 16.2. The number of alkyl halides is 1. The molecule has 1 aliphatic heterocycles. The fraction of sp³-hybridized carbons (Fsp3) is 0.867. The molecule has 0 unspecified atom stereocenters. The van der Waals surface area contributed by atoms with Crippen LogP contribution in [0.4, 0.5) is 4.79 Å². The van der Waals surface area contributed by atoms with E-state index in [1.165, 1.54) is 0 Å². The van der Waals surface area contributed by atoms with Crippen molar-refractivity contribution < 1.29 is 14.3 Å². The van der Waals surface area contributed by atoms with Gasteiger partial charge in [-0.1, -0.05) is 0 Å². The largest absolute Gasteiger partial charge is 0.444 e. The van der Waals surface area contributed by atoms with Crippen molar-refractivity contribution in [2.45, 2.75) is 65.1 Å². The van der Waals surface area contributed by atoms with Crippen LogP contribution in [0.1, 0.15) is 47.5 Å². The Morgan fingerprint density at radius 3 is 2.19 bits per heavy atom. The second-order valence-electron chi connectivity index (χ2n) is 6.73. The summed E-state index contributed by atoms with van der Waals surface area (Å²) < 4.78 is 5.50. The number of carbonyl (C=O) groups is 2. The highest BCUT2D eigenvalue weighted by Crippen LogP contribution is 2.22. The van der Waals surface area contributed by atoms with Gasteiger partial charge in [0.25, 0.3) is 0 Å². The lowest BCUT2D eigenvalue weighted by Gasteiger charge is -2.40. The average molecular weight is 319 g/mol. The summed E-state index contributed by atoms with van der Waals surface area (Å²) in [5.41, 5.74) is -0.500. The van der Waals surface area contributed by atoms with E-state index in [4.69, 9.17) is 16.3 Å². The highest BCUT2D eigenvalue weighted by atomic mass is 35.5. The number of rotatable bonds is 3. The SMILES string of the molecule is CC(C)N(C(=O)OC(C)(C)C)C1CCN(C(=O)CCl)CC1. The van der Waals surface area contributed by atoms with Gasteiger partial charge in [0, 0.05) is 25.2 Å². The third-order valence-electron chi connectivity index (χ3n) is 3.49. The van der Waals surface area contributed by atoms with Gasteiger partial charge in [0.2, 0.25) is 5.91 Å². The summed E-state index contributed by atoms with van der Waals surface area (Å²) in [5.74, 6) is -0.0200. The minimum Gasteiger partial charge on any atom is -0.444 e. The first-order valence-corrected chi connectivity index (χ1v) is 8.04. The maximum atomic E-state index is 12.4. The molecule has 0 spiro atoms. The molecule has 0 aromatic rings. The van der Waals surface area contributed by atoms with Gasteiger partial charge in [0.1, 0.15) is 11.5 Å². The van der Waals surface area contributed by atoms with Crippen LogP contribution in [0.2, 0.25) is 0 Å². The van der Waals surface area contributed by atoms with Gasteiger partial charge in [-0.25, -0.2) is 4.79 Å². The molecule has 6 heteroatoms. The first-order valence-electron chi connectivity index (χ1n) is 7.50. The standard InChI is InChI=1S/C15H27ClN2O3/c1-11(2)18(14(20)21-15(3,4)5)12-6-8-17(9-7-12)13(19)10-16/h11-12H,6-10H2,1-5H3. The van der Waals surface area contributed by atoms with E-state index >= 15 is 0 Å². The molecule has 0 aromatic carbocycles. The van der Waals surface area contributed by atoms with Crippen molar-refractivity contribution in [3.8, 4) is 0 Å². The van der Waals surface area contributed by atoms with Crippen molar-refractivity contribution >= 4 is 23.6 Å². The second-order valence-corrected chi connectivity index (χ2v) is 6.99. The predicted octanol–water partition coefficient (Wildman–Crippen LogP) is 2.86. The maximum Gasteiger partial charge on any atom is 0.410 e. The van der Waals surface area contributed by atoms with E-state index in [0.717, 1.165) is 12.8 Å². The molecule has 0 bridgehead atoms. The van der Waals surface area contributed by atoms with E-state index in [2.05, 4.69) is 0 Å². The van der Waals surface area contributed by atoms with Crippen LogP contribution in [0, 0.1) is 0 Å². The summed E-state index contributed by atoms with van der Waals surface area (Å²) in [6.07, 6.45) is 1.25. The third kappa shape index (κ3) is 5.38. The van der Waals surface area contributed by atoms with E-state index in [1.807, 2.05) is 34.6 Å². The molecule has 21 heavy (non-hydrogen) atoms. The Labute approximate surface area is 132 Å². The lowest BCUT2D eigenvalue weighted by Crippen LogP contribution is -2.52. The maximum absolute atomic E-state index is 12.4. The van der Waals surface area contributed by atoms with Crippen LogP contribution in [0.15, 0.2) is 0 Å². The summed E-state index contributed by atoms with van der Waals surface area (Å²) >= 11 is 5.58. The van der Waals surface area contributed by atoms with E-state index in [-0.39, 0.29) is 30.0 Å². The number of likely N-dealkylation sites (tertiary alicyclic amines) is 1. The number of carbonyl (C=O) groups excluding carboxylic acids is 2. The molecular weight excluding hydrogens is 292 g/mol. The van der Waals surface area contributed by atoms with Crippen LogP contribution >= 0.6 is 11.6 Å². The summed E-state index contributed by atoms with van der Waals surface area (Å²) in [4.78, 5) is 27.5. The van der Waals surface area contributed by atoms with Gasteiger partial charge in [-0.3, -0.25) is 4.79 Å². The van der Waals surface area contributed by atoms with Crippen LogP contribution in [-0.4, -0.2) is 58.5 Å². The Kier molecular flexibility index (Phi) is 6.32. The fourth-order valence-electron chi connectivity index (χ4n) is 2.57. The van der Waals surface area contributed by atoms with Crippen LogP contribution in [0.3, 0.4) is 0 Å². The quantitative estimate of drug-likeness (QED) is 0.752. The van der Waals surface area contributed by atoms with Crippen molar-refractivity contribution in [3.63, 3.8) is 0 Å². The lowest BCUT2D eigenvalue weighted by molar-refractivity contribution is -0.130. The summed E-state index contributed by atoms with van der Waals surface area (Å²) in [7, 11) is 0. The number of ether oxygens (including phenoxy) is 1. The molecule has 0 atom stereocenters. The summed E-state index contributed by atoms with van der Waals surface area (Å²) in [6, 6.07) is 0.180.